The summed E-state index contributed by atoms with van der Waals surface area (Å²) in [6.07, 6.45) is 1.96. The second-order valence-electron chi connectivity index (χ2n) is 11.1. The Morgan fingerprint density at radius 1 is 1.05 bits per heavy atom. The first-order chi connectivity index (χ1) is 17.7. The zero-order chi connectivity index (χ0) is 26.3. The molecule has 2 heterocycles. The van der Waals surface area contributed by atoms with E-state index in [2.05, 4.69) is 22.8 Å². The van der Waals surface area contributed by atoms with Crippen LogP contribution in [0.2, 0.25) is 0 Å². The van der Waals surface area contributed by atoms with Crippen LogP contribution in [-0.2, 0) is 27.2 Å². The molecule has 0 radical (unpaired) electrons. The first-order valence-corrected chi connectivity index (χ1v) is 14.1. The molecule has 1 aliphatic carbocycles. The molecular weight excluding hydrogens is 482 g/mol. The molecule has 5 rings (SSSR count). The SMILES string of the molecule is CC(C)C[C@@H]1C(=O)NC(C2Cc3ccccc3C2)C(=O)N1[C@@H](C(=O)NC(C)C)c1ccc2sccc2c1. The molecule has 0 bridgehead atoms. The Kier molecular flexibility index (Phi) is 7.08. The van der Waals surface area contributed by atoms with Gasteiger partial charge < -0.3 is 15.5 Å². The van der Waals surface area contributed by atoms with Crippen molar-refractivity contribution in [3.63, 3.8) is 0 Å². The van der Waals surface area contributed by atoms with E-state index < -0.39 is 18.1 Å². The minimum absolute atomic E-state index is 0.0375. The number of rotatable bonds is 7. The van der Waals surface area contributed by atoms with Gasteiger partial charge in [-0.15, -0.1) is 11.3 Å². The molecule has 2 aliphatic rings. The number of benzene rings is 2. The molecule has 1 aliphatic heterocycles. The minimum atomic E-state index is -0.889. The standard InChI is InChI=1S/C30H35N3O3S/c1-17(2)13-24-28(34)32-26(23-14-19-7-5-6-8-20(19)15-23)30(36)33(24)27(29(35)31-18(3)4)22-9-10-25-21(16-22)11-12-37-25/h5-12,16-18,23-24,26-27H,13-15H2,1-4H3,(H,31,35)(H,32,34)/t24-,26?,27-/m1/s1. The number of hydrogen-bond acceptors (Lipinski definition) is 4. The van der Waals surface area contributed by atoms with Gasteiger partial charge in [0, 0.05) is 10.7 Å². The molecule has 6 nitrogen and oxygen atoms in total. The molecule has 3 amide bonds. The monoisotopic (exact) mass is 517 g/mol. The third-order valence-electron chi connectivity index (χ3n) is 7.46. The lowest BCUT2D eigenvalue weighted by Crippen LogP contribution is -2.67. The number of carbonyl (C=O) groups excluding carboxylic acids is 3. The predicted octanol–water partition coefficient (Wildman–Crippen LogP) is 4.62. The van der Waals surface area contributed by atoms with E-state index in [0.29, 0.717) is 6.42 Å². The molecule has 1 unspecified atom stereocenters. The molecule has 3 atom stereocenters. The van der Waals surface area contributed by atoms with Gasteiger partial charge in [-0.25, -0.2) is 0 Å². The Morgan fingerprint density at radius 3 is 2.41 bits per heavy atom. The van der Waals surface area contributed by atoms with E-state index in [9.17, 15) is 14.4 Å². The van der Waals surface area contributed by atoms with Crippen LogP contribution in [0.4, 0.5) is 0 Å². The van der Waals surface area contributed by atoms with Crippen molar-refractivity contribution in [2.24, 2.45) is 11.8 Å². The van der Waals surface area contributed by atoms with Crippen molar-refractivity contribution in [3.8, 4) is 0 Å². The van der Waals surface area contributed by atoms with Crippen molar-refractivity contribution in [2.75, 3.05) is 0 Å². The van der Waals surface area contributed by atoms with Crippen LogP contribution in [0.1, 0.15) is 56.8 Å². The third kappa shape index (κ3) is 5.01. The summed E-state index contributed by atoms with van der Waals surface area (Å²) in [5.74, 6) is -0.462. The molecule has 7 heteroatoms. The lowest BCUT2D eigenvalue weighted by molar-refractivity contribution is -0.158. The van der Waals surface area contributed by atoms with Gasteiger partial charge in [-0.2, -0.15) is 0 Å². The van der Waals surface area contributed by atoms with E-state index in [1.807, 2.05) is 69.5 Å². The van der Waals surface area contributed by atoms with Crippen molar-refractivity contribution < 1.29 is 14.4 Å². The Hall–Kier alpha value is -3.19. The summed E-state index contributed by atoms with van der Waals surface area (Å²) in [4.78, 5) is 43.4. The smallest absolute Gasteiger partial charge is 0.247 e. The highest BCUT2D eigenvalue weighted by Gasteiger charge is 2.49. The Morgan fingerprint density at radius 2 is 1.76 bits per heavy atom. The first kappa shape index (κ1) is 25.5. The number of amides is 3. The summed E-state index contributed by atoms with van der Waals surface area (Å²) in [6, 6.07) is 13.8. The first-order valence-electron chi connectivity index (χ1n) is 13.2. The maximum atomic E-state index is 14.4. The molecule has 2 N–H and O–H groups in total. The van der Waals surface area contributed by atoms with E-state index in [0.717, 1.165) is 28.5 Å². The predicted molar refractivity (Wildman–Crippen MR) is 147 cm³/mol. The molecule has 1 aromatic heterocycles. The average Bonchev–Trinajstić information content (AvgIpc) is 3.49. The van der Waals surface area contributed by atoms with Crippen LogP contribution >= 0.6 is 11.3 Å². The fourth-order valence-corrected chi connectivity index (χ4v) is 6.60. The average molecular weight is 518 g/mol. The van der Waals surface area contributed by atoms with Crippen LogP contribution in [0.25, 0.3) is 10.1 Å². The molecule has 1 fully saturated rings. The summed E-state index contributed by atoms with van der Waals surface area (Å²) in [5, 5.41) is 9.16. The van der Waals surface area contributed by atoms with Gasteiger partial charge in [-0.05, 0) is 90.6 Å². The summed E-state index contributed by atoms with van der Waals surface area (Å²) in [5.41, 5.74) is 3.18. The van der Waals surface area contributed by atoms with Crippen LogP contribution in [-0.4, -0.2) is 40.7 Å². The topological polar surface area (TPSA) is 78.5 Å². The maximum Gasteiger partial charge on any atom is 0.247 e. The highest BCUT2D eigenvalue weighted by molar-refractivity contribution is 7.17. The van der Waals surface area contributed by atoms with Crippen molar-refractivity contribution in [1.82, 2.24) is 15.5 Å². The zero-order valence-electron chi connectivity index (χ0n) is 21.9. The number of thiophene rings is 1. The Bertz CT molecular complexity index is 1310. The van der Waals surface area contributed by atoms with Gasteiger partial charge in [0.2, 0.25) is 17.7 Å². The number of nitrogens with zero attached hydrogens (tertiary/aromatic N) is 1. The summed E-state index contributed by atoms with van der Waals surface area (Å²) >= 11 is 1.64. The summed E-state index contributed by atoms with van der Waals surface area (Å²) in [6.45, 7) is 7.89. The van der Waals surface area contributed by atoms with Gasteiger partial charge in [0.1, 0.15) is 18.1 Å². The molecule has 1 saturated heterocycles. The molecule has 3 aromatic rings. The van der Waals surface area contributed by atoms with Gasteiger partial charge in [-0.1, -0.05) is 44.2 Å². The lowest BCUT2D eigenvalue weighted by atomic mass is 9.87. The molecular formula is C30H35N3O3S. The van der Waals surface area contributed by atoms with Crippen LogP contribution in [0.3, 0.4) is 0 Å². The van der Waals surface area contributed by atoms with Gasteiger partial charge in [0.05, 0.1) is 0 Å². The normalized spacial score (nSPS) is 21.0. The fourth-order valence-electron chi connectivity index (χ4n) is 5.83. The van der Waals surface area contributed by atoms with E-state index >= 15 is 0 Å². The quantitative estimate of drug-likeness (QED) is 0.480. The van der Waals surface area contributed by atoms with E-state index in [1.165, 1.54) is 11.1 Å². The number of carbonyl (C=O) groups is 3. The molecule has 37 heavy (non-hydrogen) atoms. The minimum Gasteiger partial charge on any atom is -0.352 e. The van der Waals surface area contributed by atoms with Crippen molar-refractivity contribution in [1.29, 1.82) is 0 Å². The summed E-state index contributed by atoms with van der Waals surface area (Å²) < 4.78 is 1.12. The Balaban J connectivity index is 1.57. The fraction of sp³-hybridized carbons (Fsp3) is 0.433. The van der Waals surface area contributed by atoms with Crippen molar-refractivity contribution >= 4 is 39.1 Å². The van der Waals surface area contributed by atoms with Crippen LogP contribution in [0.5, 0.6) is 0 Å². The second-order valence-corrected chi connectivity index (χ2v) is 12.0. The zero-order valence-corrected chi connectivity index (χ0v) is 22.7. The lowest BCUT2D eigenvalue weighted by Gasteiger charge is -2.45. The second kappa shape index (κ2) is 10.3. The molecule has 194 valence electrons. The van der Waals surface area contributed by atoms with Crippen LogP contribution in [0.15, 0.2) is 53.9 Å². The van der Waals surface area contributed by atoms with Crippen LogP contribution < -0.4 is 10.6 Å². The van der Waals surface area contributed by atoms with Gasteiger partial charge >= 0.3 is 0 Å². The highest BCUT2D eigenvalue weighted by atomic mass is 32.1. The number of hydrogen-bond donors (Lipinski definition) is 2. The largest absolute Gasteiger partial charge is 0.352 e. The van der Waals surface area contributed by atoms with E-state index in [1.54, 1.807) is 16.2 Å². The van der Waals surface area contributed by atoms with Crippen LogP contribution in [0, 0.1) is 11.8 Å². The molecule has 0 spiro atoms. The molecule has 2 aromatic carbocycles. The summed E-state index contributed by atoms with van der Waals surface area (Å²) in [7, 11) is 0. The number of piperazine rings is 1. The van der Waals surface area contributed by atoms with Gasteiger partial charge in [0.15, 0.2) is 0 Å². The maximum absolute atomic E-state index is 14.4. The Labute approximate surface area is 222 Å². The van der Waals surface area contributed by atoms with E-state index in [4.69, 9.17) is 0 Å². The van der Waals surface area contributed by atoms with Crippen molar-refractivity contribution in [3.05, 3.63) is 70.6 Å². The van der Waals surface area contributed by atoms with Gasteiger partial charge in [-0.3, -0.25) is 14.4 Å². The number of fused-ring (bicyclic) bond motifs is 2. The highest BCUT2D eigenvalue weighted by Crippen LogP contribution is 2.36. The number of nitrogens with one attached hydrogen (secondary N) is 2. The van der Waals surface area contributed by atoms with E-state index in [-0.39, 0.29) is 35.6 Å². The van der Waals surface area contributed by atoms with Crippen molar-refractivity contribution in [2.45, 2.75) is 71.1 Å². The molecule has 0 saturated carbocycles. The van der Waals surface area contributed by atoms with Gasteiger partial charge in [0.25, 0.3) is 0 Å². The third-order valence-corrected chi connectivity index (χ3v) is 8.35.